The van der Waals surface area contributed by atoms with Crippen LogP contribution in [-0.4, -0.2) is 106 Å². The lowest BCUT2D eigenvalue weighted by molar-refractivity contribution is -0.143. The minimum atomic E-state index is -4.59. The third-order valence-corrected chi connectivity index (χ3v) is 11.9. The second-order valence-electron chi connectivity index (χ2n) is 16.6. The van der Waals surface area contributed by atoms with Crippen molar-refractivity contribution >= 4 is 60.7 Å². The molecule has 3 aromatic carbocycles. The second kappa shape index (κ2) is 20.0. The highest BCUT2D eigenvalue weighted by Crippen LogP contribution is 2.35. The molecular formula is C44H54N6O12S2. The van der Waals surface area contributed by atoms with Gasteiger partial charge in [-0.1, -0.05) is 57.5 Å². The maximum absolute atomic E-state index is 14.7. The average Bonchev–Trinajstić information content (AvgIpc) is 3.64. The van der Waals surface area contributed by atoms with Crippen LogP contribution < -0.4 is 29.6 Å². The Balaban J connectivity index is 1.49. The summed E-state index contributed by atoms with van der Waals surface area (Å²) >= 11 is 0. The summed E-state index contributed by atoms with van der Waals surface area (Å²) in [7, 11) is -6.95. The second-order valence-corrected chi connectivity index (χ2v) is 20.0. The van der Waals surface area contributed by atoms with Gasteiger partial charge < -0.3 is 29.7 Å². The van der Waals surface area contributed by atoms with Crippen molar-refractivity contribution < 1.29 is 55.0 Å². The molecule has 4 N–H and O–H groups in total. The summed E-state index contributed by atoms with van der Waals surface area (Å²) in [6, 6.07) is 16.5. The number of fused-ring (bicyclic) bond motifs is 1. The highest BCUT2D eigenvalue weighted by atomic mass is 32.2. The number of sulfonamides is 2. The zero-order valence-corrected chi connectivity index (χ0v) is 38.5. The molecule has 344 valence electrons. The number of alkyl carbamates (subject to hydrolysis) is 1. The van der Waals surface area contributed by atoms with Crippen LogP contribution in [0.3, 0.4) is 0 Å². The summed E-state index contributed by atoms with van der Waals surface area (Å²) < 4.78 is 71.2. The summed E-state index contributed by atoms with van der Waals surface area (Å²) in [5.74, 6) is -3.11. The Morgan fingerprint density at radius 1 is 0.891 bits per heavy atom. The molecule has 0 unspecified atom stereocenters. The summed E-state index contributed by atoms with van der Waals surface area (Å²) in [4.78, 5) is 73.9. The number of methoxy groups -OCH3 is 1. The van der Waals surface area contributed by atoms with Crippen molar-refractivity contribution in [2.75, 3.05) is 19.9 Å². The molecule has 1 fully saturated rings. The quantitative estimate of drug-likeness (QED) is 0.123. The first-order chi connectivity index (χ1) is 30.0. The highest BCUT2D eigenvalue weighted by molar-refractivity contribution is 7.90. The molecule has 0 aliphatic carbocycles. The molecule has 64 heavy (non-hydrogen) atoms. The van der Waals surface area contributed by atoms with Crippen LogP contribution in [0.1, 0.15) is 71.2 Å². The lowest BCUT2D eigenvalue weighted by atomic mass is 10.0. The lowest BCUT2D eigenvalue weighted by Crippen LogP contribution is -2.60. The van der Waals surface area contributed by atoms with Crippen LogP contribution in [0.15, 0.2) is 83.8 Å². The number of hydrogen-bond acceptors (Lipinski definition) is 13. The minimum absolute atomic E-state index is 0.000408. The van der Waals surface area contributed by atoms with Crippen molar-refractivity contribution in [2.45, 2.75) is 95.5 Å². The van der Waals surface area contributed by atoms with Crippen LogP contribution in [0.5, 0.6) is 11.5 Å². The van der Waals surface area contributed by atoms with Crippen molar-refractivity contribution in [2.24, 2.45) is 5.92 Å². The van der Waals surface area contributed by atoms with Crippen molar-refractivity contribution in [1.82, 2.24) is 30.0 Å². The number of aromatic nitrogens is 1. The fourth-order valence-electron chi connectivity index (χ4n) is 6.98. The standard InChI is InChI=1S/C44H54N6O12S2/c1-9-13-32(40(52)49-64(58,59)30-19-16-28(17-20-30)39(51)48-63(8,56)57)46-41(53)38-35(22-23-50(38)42(54)37(26(2)3)47-43(55)62-44(4,5)6)61-36-25-33(27-14-11-10-12-15-27)45-34-24-29(60-7)18-21-31(34)36/h10-12,14-21,24-26,32,35,37-38H,9,13,22-23H2,1-8H3,(H,46,53)(H,47,55)(H,48,51)(H,49,52)/t32-,35-,37-,38-/m0/s1. The molecule has 5 amide bonds. The third-order valence-electron chi connectivity index (χ3n) is 9.98. The number of carbonyl (C=O) groups excluding carboxylic acids is 5. The fourth-order valence-corrected chi connectivity index (χ4v) is 8.46. The molecule has 1 aromatic heterocycles. The van der Waals surface area contributed by atoms with E-state index >= 15 is 0 Å². The van der Waals surface area contributed by atoms with Crippen LogP contribution in [0.2, 0.25) is 0 Å². The number of ether oxygens (including phenoxy) is 3. The molecule has 4 aromatic rings. The van der Waals surface area contributed by atoms with Gasteiger partial charge in [-0.25, -0.2) is 36.1 Å². The van der Waals surface area contributed by atoms with Crippen LogP contribution in [-0.2, 0) is 39.2 Å². The van der Waals surface area contributed by atoms with Crippen molar-refractivity contribution in [3.63, 3.8) is 0 Å². The Morgan fingerprint density at radius 2 is 1.56 bits per heavy atom. The van der Waals surface area contributed by atoms with Crippen LogP contribution >= 0.6 is 0 Å². The van der Waals surface area contributed by atoms with Gasteiger partial charge in [-0.05, 0) is 69.5 Å². The highest BCUT2D eigenvalue weighted by Gasteiger charge is 2.47. The van der Waals surface area contributed by atoms with Gasteiger partial charge in [-0.3, -0.25) is 19.2 Å². The van der Waals surface area contributed by atoms with E-state index in [9.17, 15) is 40.8 Å². The first-order valence-corrected chi connectivity index (χ1v) is 23.9. The Morgan fingerprint density at radius 3 is 2.16 bits per heavy atom. The predicted octanol–water partition coefficient (Wildman–Crippen LogP) is 4.29. The number of amides is 5. The molecule has 4 atom stereocenters. The number of pyridine rings is 1. The summed E-state index contributed by atoms with van der Waals surface area (Å²) in [5, 5.41) is 5.90. The number of carbonyl (C=O) groups is 5. The number of likely N-dealkylation sites (tertiary alicyclic amines) is 1. The molecule has 1 saturated heterocycles. The van der Waals surface area contributed by atoms with Gasteiger partial charge in [-0.2, -0.15) is 0 Å². The molecule has 20 heteroatoms. The van der Waals surface area contributed by atoms with Gasteiger partial charge >= 0.3 is 6.09 Å². The summed E-state index contributed by atoms with van der Waals surface area (Å²) in [6.45, 7) is 10.2. The number of hydrogen-bond donors (Lipinski definition) is 4. The molecule has 5 rings (SSSR count). The zero-order chi connectivity index (χ0) is 47.1. The molecule has 2 heterocycles. The van der Waals surface area contributed by atoms with E-state index in [0.29, 0.717) is 34.5 Å². The Bertz CT molecular complexity index is 2600. The molecule has 1 aliphatic rings. The molecular weight excluding hydrogens is 869 g/mol. The largest absolute Gasteiger partial charge is 0.497 e. The van der Waals surface area contributed by atoms with E-state index in [1.165, 1.54) is 12.0 Å². The van der Waals surface area contributed by atoms with Crippen molar-refractivity contribution in [1.29, 1.82) is 0 Å². The van der Waals surface area contributed by atoms with Gasteiger partial charge in [0.25, 0.3) is 21.8 Å². The first kappa shape index (κ1) is 48.7. The Hall–Kier alpha value is -6.28. The van der Waals surface area contributed by atoms with E-state index in [1.807, 2.05) is 35.1 Å². The normalized spacial score (nSPS) is 16.4. The van der Waals surface area contributed by atoms with E-state index in [2.05, 4.69) is 10.6 Å². The number of benzene rings is 3. The van der Waals surface area contributed by atoms with Crippen LogP contribution in [0, 0.1) is 5.92 Å². The fraction of sp³-hybridized carbons (Fsp3) is 0.409. The van der Waals surface area contributed by atoms with E-state index in [-0.39, 0.29) is 24.9 Å². The number of rotatable bonds is 16. The van der Waals surface area contributed by atoms with Gasteiger partial charge in [0, 0.05) is 41.6 Å². The van der Waals surface area contributed by atoms with Crippen LogP contribution in [0.25, 0.3) is 22.2 Å². The van der Waals surface area contributed by atoms with E-state index < -0.39 is 90.4 Å². The third kappa shape index (κ3) is 12.5. The van der Waals surface area contributed by atoms with Crippen molar-refractivity contribution in [3.8, 4) is 22.8 Å². The number of nitrogens with one attached hydrogen (secondary N) is 4. The van der Waals surface area contributed by atoms with E-state index in [1.54, 1.807) is 70.5 Å². The molecule has 0 saturated carbocycles. The average molecular weight is 923 g/mol. The molecule has 18 nitrogen and oxygen atoms in total. The van der Waals surface area contributed by atoms with E-state index in [0.717, 1.165) is 36.1 Å². The predicted molar refractivity (Wildman–Crippen MR) is 237 cm³/mol. The van der Waals surface area contributed by atoms with Crippen molar-refractivity contribution in [3.05, 3.63) is 84.4 Å². The summed E-state index contributed by atoms with van der Waals surface area (Å²) in [5.41, 5.74) is 0.826. The zero-order valence-electron chi connectivity index (χ0n) is 36.8. The maximum atomic E-state index is 14.7. The van der Waals surface area contributed by atoms with E-state index in [4.69, 9.17) is 19.2 Å². The smallest absolute Gasteiger partial charge is 0.408 e. The number of nitrogens with zero attached hydrogens (tertiary/aromatic N) is 2. The monoisotopic (exact) mass is 922 g/mol. The SMILES string of the molecule is CCC[C@H](NC(=O)[C@@H]1[C@@H](Oc2cc(-c3ccccc3)nc3cc(OC)ccc23)CCN1C(=O)[C@@H](NC(=O)OC(C)(C)C)C(C)C)C(=O)NS(=O)(=O)c1ccc(C(=O)NS(C)(=O)=O)cc1. The summed E-state index contributed by atoms with van der Waals surface area (Å²) in [6.07, 6.45) is -0.641. The molecule has 0 radical (unpaired) electrons. The van der Waals surface area contributed by atoms with Crippen LogP contribution in [0.4, 0.5) is 4.79 Å². The first-order valence-electron chi connectivity index (χ1n) is 20.5. The molecule has 0 spiro atoms. The molecule has 0 bridgehead atoms. The maximum Gasteiger partial charge on any atom is 0.408 e. The van der Waals surface area contributed by atoms with Gasteiger partial charge in [0.2, 0.25) is 21.8 Å². The minimum Gasteiger partial charge on any atom is -0.497 e. The van der Waals surface area contributed by atoms with Gasteiger partial charge in [-0.15, -0.1) is 0 Å². The lowest BCUT2D eigenvalue weighted by Gasteiger charge is -2.33. The van der Waals surface area contributed by atoms with Gasteiger partial charge in [0.05, 0.1) is 29.5 Å². The van der Waals surface area contributed by atoms with Gasteiger partial charge in [0.15, 0.2) is 0 Å². The van der Waals surface area contributed by atoms with Gasteiger partial charge in [0.1, 0.15) is 41.3 Å². The Kier molecular flexibility index (Phi) is 15.3. The Labute approximate surface area is 372 Å². The topological polar surface area (TPSA) is 246 Å². The molecule has 1 aliphatic heterocycles.